The molecular formula is C14H15FN2OS. The first-order valence-electron chi connectivity index (χ1n) is 6.13. The molecule has 0 bridgehead atoms. The third-order valence-electron chi connectivity index (χ3n) is 2.77. The molecular weight excluding hydrogens is 263 g/mol. The fourth-order valence-corrected chi connectivity index (χ4v) is 2.32. The van der Waals surface area contributed by atoms with E-state index in [-0.39, 0.29) is 11.7 Å². The van der Waals surface area contributed by atoms with Crippen LogP contribution < -0.4 is 5.32 Å². The highest BCUT2D eigenvalue weighted by Gasteiger charge is 2.04. The van der Waals surface area contributed by atoms with E-state index in [2.05, 4.69) is 10.3 Å². The second-order valence-corrected chi connectivity index (χ2v) is 4.89. The molecule has 0 atom stereocenters. The van der Waals surface area contributed by atoms with Crippen molar-refractivity contribution in [2.45, 2.75) is 19.3 Å². The normalized spacial score (nSPS) is 10.4. The summed E-state index contributed by atoms with van der Waals surface area (Å²) in [4.78, 5) is 15.7. The molecule has 0 unspecified atom stereocenters. The minimum absolute atomic E-state index is 0.0238. The molecule has 19 heavy (non-hydrogen) atoms. The van der Waals surface area contributed by atoms with E-state index in [1.807, 2.05) is 5.38 Å². The second-order valence-electron chi connectivity index (χ2n) is 4.17. The molecule has 0 aliphatic rings. The number of nitrogens with one attached hydrogen (secondary N) is 1. The van der Waals surface area contributed by atoms with Gasteiger partial charge in [0, 0.05) is 18.3 Å². The Labute approximate surface area is 115 Å². The molecule has 0 spiro atoms. The summed E-state index contributed by atoms with van der Waals surface area (Å²) in [5, 5.41) is 4.73. The van der Waals surface area contributed by atoms with Gasteiger partial charge < -0.3 is 5.32 Å². The fourth-order valence-electron chi connectivity index (χ4n) is 1.73. The lowest BCUT2D eigenvalue weighted by molar-refractivity contribution is -0.121. The third-order valence-corrected chi connectivity index (χ3v) is 3.40. The Morgan fingerprint density at radius 3 is 2.89 bits per heavy atom. The molecule has 100 valence electrons. The Hall–Kier alpha value is -1.75. The summed E-state index contributed by atoms with van der Waals surface area (Å²) in [6.45, 7) is 0.455. The van der Waals surface area contributed by atoms with Gasteiger partial charge in [0.2, 0.25) is 5.91 Å². The van der Waals surface area contributed by atoms with Gasteiger partial charge in [-0.1, -0.05) is 18.2 Å². The molecule has 0 saturated heterocycles. The quantitative estimate of drug-likeness (QED) is 0.882. The number of amides is 1. The molecule has 5 heteroatoms. The first-order chi connectivity index (χ1) is 9.25. The van der Waals surface area contributed by atoms with Crippen LogP contribution in [0.4, 0.5) is 4.39 Å². The van der Waals surface area contributed by atoms with Crippen molar-refractivity contribution in [2.75, 3.05) is 6.54 Å². The van der Waals surface area contributed by atoms with Gasteiger partial charge in [0.15, 0.2) is 0 Å². The summed E-state index contributed by atoms with van der Waals surface area (Å²) >= 11 is 1.52. The van der Waals surface area contributed by atoms with Gasteiger partial charge in [0.25, 0.3) is 0 Å². The zero-order valence-electron chi connectivity index (χ0n) is 10.4. The van der Waals surface area contributed by atoms with E-state index in [0.717, 1.165) is 5.69 Å². The minimum atomic E-state index is -0.223. The maximum atomic E-state index is 13.3. The number of rotatable bonds is 6. The lowest BCUT2D eigenvalue weighted by Crippen LogP contribution is -2.26. The van der Waals surface area contributed by atoms with E-state index >= 15 is 0 Å². The molecule has 2 rings (SSSR count). The summed E-state index contributed by atoms with van der Waals surface area (Å²) in [6, 6.07) is 6.61. The van der Waals surface area contributed by atoms with Gasteiger partial charge in [-0.15, -0.1) is 11.3 Å². The monoisotopic (exact) mass is 278 g/mol. The van der Waals surface area contributed by atoms with Crippen molar-refractivity contribution in [2.24, 2.45) is 0 Å². The fraction of sp³-hybridized carbons (Fsp3) is 0.286. The van der Waals surface area contributed by atoms with Gasteiger partial charge >= 0.3 is 0 Å². The smallest absolute Gasteiger partial charge is 0.220 e. The van der Waals surface area contributed by atoms with Gasteiger partial charge in [0.05, 0.1) is 11.2 Å². The van der Waals surface area contributed by atoms with Gasteiger partial charge in [-0.3, -0.25) is 4.79 Å². The van der Waals surface area contributed by atoms with Crippen molar-refractivity contribution in [3.05, 3.63) is 52.2 Å². The predicted molar refractivity (Wildman–Crippen MR) is 73.5 cm³/mol. The number of halogens is 1. The van der Waals surface area contributed by atoms with Gasteiger partial charge in [-0.2, -0.15) is 0 Å². The number of carbonyl (C=O) groups excluding carboxylic acids is 1. The van der Waals surface area contributed by atoms with Crippen LogP contribution in [0.25, 0.3) is 0 Å². The highest BCUT2D eigenvalue weighted by Crippen LogP contribution is 2.06. The second kappa shape index (κ2) is 6.99. The van der Waals surface area contributed by atoms with E-state index in [9.17, 15) is 9.18 Å². The number of hydrogen-bond acceptors (Lipinski definition) is 3. The largest absolute Gasteiger partial charge is 0.356 e. The first kappa shape index (κ1) is 13.7. The third kappa shape index (κ3) is 4.44. The maximum Gasteiger partial charge on any atom is 0.220 e. The van der Waals surface area contributed by atoms with Crippen molar-refractivity contribution in [3.63, 3.8) is 0 Å². The van der Waals surface area contributed by atoms with Crippen LogP contribution in [0.5, 0.6) is 0 Å². The van der Waals surface area contributed by atoms with Crippen LogP contribution in [-0.2, 0) is 17.6 Å². The standard InChI is InChI=1S/C14H15FN2OS/c15-13-4-2-1-3-11(13)7-8-16-14(18)6-5-12-9-19-10-17-12/h1-4,9-10H,5-8H2,(H,16,18). The SMILES string of the molecule is O=C(CCc1cscn1)NCCc1ccccc1F. The molecule has 3 nitrogen and oxygen atoms in total. The lowest BCUT2D eigenvalue weighted by atomic mass is 10.1. The van der Waals surface area contributed by atoms with Crippen LogP contribution in [0.1, 0.15) is 17.7 Å². The highest BCUT2D eigenvalue weighted by atomic mass is 32.1. The van der Waals surface area contributed by atoms with E-state index in [4.69, 9.17) is 0 Å². The summed E-state index contributed by atoms with van der Waals surface area (Å²) in [7, 11) is 0. The molecule has 0 aliphatic heterocycles. The van der Waals surface area contributed by atoms with Crippen molar-refractivity contribution < 1.29 is 9.18 Å². The number of aromatic nitrogens is 1. The zero-order chi connectivity index (χ0) is 13.5. The molecule has 2 aromatic rings. The molecule has 1 aromatic heterocycles. The predicted octanol–water partition coefficient (Wildman–Crippen LogP) is 2.57. The number of thiazole rings is 1. The molecule has 0 radical (unpaired) electrons. The van der Waals surface area contributed by atoms with Crippen LogP contribution in [0, 0.1) is 5.82 Å². The number of nitrogens with zero attached hydrogens (tertiary/aromatic N) is 1. The Bertz CT molecular complexity index is 528. The van der Waals surface area contributed by atoms with E-state index in [1.165, 1.54) is 17.4 Å². The Morgan fingerprint density at radius 2 is 2.16 bits per heavy atom. The Kier molecular flexibility index (Phi) is 5.03. The lowest BCUT2D eigenvalue weighted by Gasteiger charge is -2.05. The topological polar surface area (TPSA) is 42.0 Å². The average Bonchev–Trinajstić information content (AvgIpc) is 2.92. The number of carbonyl (C=O) groups is 1. The van der Waals surface area contributed by atoms with Crippen LogP contribution in [-0.4, -0.2) is 17.4 Å². The summed E-state index contributed by atoms with van der Waals surface area (Å²) in [6.07, 6.45) is 1.57. The Balaban J connectivity index is 1.68. The van der Waals surface area contributed by atoms with E-state index < -0.39 is 0 Å². The van der Waals surface area contributed by atoms with Crippen molar-refractivity contribution >= 4 is 17.2 Å². The van der Waals surface area contributed by atoms with Crippen LogP contribution >= 0.6 is 11.3 Å². The average molecular weight is 278 g/mol. The molecule has 0 aliphatic carbocycles. The summed E-state index contributed by atoms with van der Waals surface area (Å²) in [5.74, 6) is -0.247. The van der Waals surface area contributed by atoms with Gasteiger partial charge in [0.1, 0.15) is 5.82 Å². The highest BCUT2D eigenvalue weighted by molar-refractivity contribution is 7.07. The van der Waals surface area contributed by atoms with Crippen LogP contribution in [0.2, 0.25) is 0 Å². The maximum absolute atomic E-state index is 13.3. The number of benzene rings is 1. The molecule has 1 N–H and O–H groups in total. The molecule has 1 amide bonds. The minimum Gasteiger partial charge on any atom is -0.356 e. The van der Waals surface area contributed by atoms with Crippen LogP contribution in [0.3, 0.4) is 0 Å². The van der Waals surface area contributed by atoms with E-state index in [1.54, 1.807) is 23.7 Å². The number of aryl methyl sites for hydroxylation is 1. The zero-order valence-corrected chi connectivity index (χ0v) is 11.3. The van der Waals surface area contributed by atoms with Crippen LogP contribution in [0.15, 0.2) is 35.2 Å². The van der Waals surface area contributed by atoms with Gasteiger partial charge in [-0.25, -0.2) is 9.37 Å². The van der Waals surface area contributed by atoms with Crippen molar-refractivity contribution in [1.82, 2.24) is 10.3 Å². The summed E-state index contributed by atoms with van der Waals surface area (Å²) in [5.41, 5.74) is 3.32. The Morgan fingerprint density at radius 1 is 1.32 bits per heavy atom. The van der Waals surface area contributed by atoms with Crippen molar-refractivity contribution in [1.29, 1.82) is 0 Å². The molecule has 0 fully saturated rings. The number of hydrogen-bond donors (Lipinski definition) is 1. The van der Waals surface area contributed by atoms with E-state index in [0.29, 0.717) is 31.4 Å². The molecule has 0 saturated carbocycles. The molecule has 1 heterocycles. The first-order valence-corrected chi connectivity index (χ1v) is 7.07. The summed E-state index contributed by atoms with van der Waals surface area (Å²) < 4.78 is 13.3. The molecule has 1 aromatic carbocycles. The van der Waals surface area contributed by atoms with Gasteiger partial charge in [-0.05, 0) is 24.5 Å². The van der Waals surface area contributed by atoms with Crippen molar-refractivity contribution in [3.8, 4) is 0 Å².